The highest BCUT2D eigenvalue weighted by Crippen LogP contribution is 2.45. The fourth-order valence-electron chi connectivity index (χ4n) is 9.40. The molecule has 8 aromatic rings. The summed E-state index contributed by atoms with van der Waals surface area (Å²) in [6.45, 7) is 20.4. The summed E-state index contributed by atoms with van der Waals surface area (Å²) in [6.07, 6.45) is 3.18. The normalized spacial score (nSPS) is 13.6. The van der Waals surface area contributed by atoms with Crippen molar-refractivity contribution < 1.29 is 48.4 Å². The number of methoxy groups -OCH3 is 1. The van der Waals surface area contributed by atoms with Gasteiger partial charge in [0.15, 0.2) is 12.2 Å². The van der Waals surface area contributed by atoms with E-state index < -0.39 is 42.5 Å². The Balaban J connectivity index is 0.000000173. The van der Waals surface area contributed by atoms with Crippen LogP contribution in [-0.4, -0.2) is 85.7 Å². The number of fused-ring (bicyclic) bond motifs is 2. The molecule has 74 heavy (non-hydrogen) atoms. The van der Waals surface area contributed by atoms with Crippen LogP contribution in [0.4, 0.5) is 0 Å². The van der Waals surface area contributed by atoms with Crippen LogP contribution in [0.5, 0.6) is 11.5 Å². The molecule has 4 aromatic heterocycles. The van der Waals surface area contributed by atoms with E-state index in [1.165, 1.54) is 12.7 Å². The van der Waals surface area contributed by atoms with Crippen molar-refractivity contribution in [3.05, 3.63) is 134 Å². The van der Waals surface area contributed by atoms with Gasteiger partial charge in [0, 0.05) is 89.5 Å². The van der Waals surface area contributed by atoms with Gasteiger partial charge >= 0.3 is 19.1 Å². The summed E-state index contributed by atoms with van der Waals surface area (Å²) < 4.78 is 29.5. The predicted molar refractivity (Wildman–Crippen MR) is 299 cm³/mol. The number of benzene rings is 4. The molecule has 2 aliphatic heterocycles. The molecule has 0 bridgehead atoms. The van der Waals surface area contributed by atoms with Gasteiger partial charge in [-0.15, -0.1) is 0 Å². The third-order valence-electron chi connectivity index (χ3n) is 12.5. The van der Waals surface area contributed by atoms with E-state index in [-0.39, 0.29) is 7.43 Å². The van der Waals surface area contributed by atoms with E-state index in [0.717, 1.165) is 105 Å². The van der Waals surface area contributed by atoms with Crippen LogP contribution in [0.1, 0.15) is 106 Å². The van der Waals surface area contributed by atoms with Gasteiger partial charge in [-0.2, -0.15) is 0 Å². The van der Waals surface area contributed by atoms with Crippen molar-refractivity contribution in [1.29, 1.82) is 0 Å². The standard InChI is InChI=1S/C28H28N2O4.C18H22INO3.C11H10BNO3.CH4/c1-15-6-7-18-20(14-15)30-16(2)22(26(27(31)32)34-28(3,4)5)24(18)19-8-9-21-23-17(11-13-33-21)10-12-29-25(19)23;1-10-7-8-12-13(9-10)20-11(2)14(15(12)19)16(17(21)22-6)23-18(3,4)5;14-12(15)8-1-2-9-10-7(4-6-16-9)3-5-13-11(8)10;/h6-10,12,14,26H,11,13H2,1-5H3,(H,31,32);7-9,16H,1-6H3;1-3,5,14-15H,4,6H2;1H4/t26-;16-;;/m00../s1. The minimum atomic E-state index is -1.50. The summed E-state index contributed by atoms with van der Waals surface area (Å²) in [5.41, 5.74) is 11.4. The fourth-order valence-corrected chi connectivity index (χ4v) is 10.5. The molecule has 0 radical (unpaired) electrons. The monoisotopic (exact) mass is 1110 g/mol. The number of carbonyl (C=O) groups is 2. The van der Waals surface area contributed by atoms with Gasteiger partial charge in [-0.1, -0.05) is 37.8 Å². The van der Waals surface area contributed by atoms with Crippen LogP contribution < -0.4 is 14.9 Å². The molecule has 386 valence electrons. The molecule has 0 fully saturated rings. The van der Waals surface area contributed by atoms with E-state index in [1.807, 2.05) is 136 Å². The van der Waals surface area contributed by atoms with Crippen LogP contribution in [0, 0.1) is 31.3 Å². The summed E-state index contributed by atoms with van der Waals surface area (Å²) in [6, 6.07) is 23.5. The molecule has 14 nitrogen and oxygen atoms in total. The number of halogens is 1. The zero-order chi connectivity index (χ0) is 52.7. The van der Waals surface area contributed by atoms with Gasteiger partial charge in [0.2, 0.25) is 0 Å². The minimum absolute atomic E-state index is 0. The molecule has 0 amide bonds. The van der Waals surface area contributed by atoms with Crippen LogP contribution in [0.2, 0.25) is 0 Å². The lowest BCUT2D eigenvalue weighted by Crippen LogP contribution is -2.31. The molecule has 2 atom stereocenters. The molecule has 16 heteroatoms. The Hall–Kier alpha value is -6.31. The van der Waals surface area contributed by atoms with Gasteiger partial charge in [-0.05, 0) is 157 Å². The Labute approximate surface area is 446 Å². The smallest absolute Gasteiger partial charge is 0.490 e. The summed E-state index contributed by atoms with van der Waals surface area (Å²) in [5.74, 6) is 0.121. The van der Waals surface area contributed by atoms with Crippen LogP contribution in [0.15, 0.2) is 85.2 Å². The van der Waals surface area contributed by atoms with E-state index in [1.54, 1.807) is 18.3 Å². The molecule has 0 unspecified atom stereocenters. The highest BCUT2D eigenvalue weighted by molar-refractivity contribution is 14.1. The molecule has 6 heterocycles. The minimum Gasteiger partial charge on any atom is -0.493 e. The predicted octanol–water partition coefficient (Wildman–Crippen LogP) is 10.9. The quantitative estimate of drug-likeness (QED) is 0.0739. The Morgan fingerprint density at radius 2 is 1.18 bits per heavy atom. The Bertz CT molecular complexity index is 3420. The number of hydrogen-bond acceptors (Lipinski definition) is 13. The number of aliphatic carboxylic acids is 1. The van der Waals surface area contributed by atoms with Crippen LogP contribution >= 0.6 is 22.6 Å². The molecule has 0 saturated carbocycles. The van der Waals surface area contributed by atoms with Crippen molar-refractivity contribution in [3.63, 3.8) is 0 Å². The van der Waals surface area contributed by atoms with Gasteiger partial charge < -0.3 is 38.8 Å². The first-order chi connectivity index (χ1) is 34.5. The number of rotatable bonds is 8. The van der Waals surface area contributed by atoms with Gasteiger partial charge in [0.1, 0.15) is 11.5 Å². The van der Waals surface area contributed by atoms with Gasteiger partial charge in [-0.3, -0.25) is 19.9 Å². The zero-order valence-electron chi connectivity index (χ0n) is 43.0. The van der Waals surface area contributed by atoms with Crippen molar-refractivity contribution in [1.82, 2.24) is 19.9 Å². The van der Waals surface area contributed by atoms with Crippen molar-refractivity contribution >= 4 is 90.7 Å². The first kappa shape index (κ1) is 55.4. The maximum atomic E-state index is 12.5. The number of nitrogens with zero attached hydrogens (tertiary/aromatic N) is 4. The molecule has 3 N–H and O–H groups in total. The molecule has 10 rings (SSSR count). The average molecular weight is 1110 g/mol. The molecule has 2 aliphatic rings. The molecule has 0 spiro atoms. The number of hydrogen-bond donors (Lipinski definition) is 3. The number of carboxylic acid groups (broad SMARTS) is 1. The van der Waals surface area contributed by atoms with E-state index in [2.05, 4.69) is 32.6 Å². The van der Waals surface area contributed by atoms with E-state index in [0.29, 0.717) is 35.5 Å². The third-order valence-corrected chi connectivity index (χ3v) is 13.7. The maximum Gasteiger partial charge on any atom is 0.490 e. The van der Waals surface area contributed by atoms with Crippen molar-refractivity contribution in [2.24, 2.45) is 0 Å². The second kappa shape index (κ2) is 22.3. The number of carbonyl (C=O) groups excluding carboxylic acids is 1. The zero-order valence-corrected chi connectivity index (χ0v) is 45.2. The summed E-state index contributed by atoms with van der Waals surface area (Å²) in [7, 11) is -0.125. The highest BCUT2D eigenvalue weighted by atomic mass is 127. The van der Waals surface area contributed by atoms with E-state index >= 15 is 0 Å². The first-order valence-corrected chi connectivity index (χ1v) is 25.2. The molecular formula is C58H64BIN4O10. The first-order valence-electron chi connectivity index (χ1n) is 24.1. The van der Waals surface area contributed by atoms with Crippen molar-refractivity contribution in [2.75, 3.05) is 20.3 Å². The SMILES string of the molecule is C.COC(=O)[C@@H](OC(C)(C)C)c1c(C)nc2cc(C)ccc2c1I.Cc1ccc2c(-c3ccc4c5c(ccnc35)CCO4)c([C@H](OC(C)(C)C)C(=O)O)c(C)nc2c1.OB(O)c1ccc2c3c(ccnc13)CCO2. The molecular weight excluding hydrogens is 1050 g/mol. The third kappa shape index (κ3) is 11.6. The highest BCUT2D eigenvalue weighted by Gasteiger charge is 2.35. The van der Waals surface area contributed by atoms with Crippen molar-refractivity contribution in [2.45, 2.75) is 113 Å². The Kier molecular flexibility index (Phi) is 16.7. The number of ether oxygens (including phenoxy) is 5. The molecule has 4 aromatic carbocycles. The summed E-state index contributed by atoms with van der Waals surface area (Å²) in [4.78, 5) is 43.3. The Morgan fingerprint density at radius 1 is 0.676 bits per heavy atom. The van der Waals surface area contributed by atoms with Crippen LogP contribution in [0.25, 0.3) is 54.7 Å². The number of aryl methyl sites for hydroxylation is 4. The van der Waals surface area contributed by atoms with Gasteiger partial charge in [0.25, 0.3) is 0 Å². The molecule has 0 aliphatic carbocycles. The lowest BCUT2D eigenvalue weighted by atomic mass is 9.78. The number of carboxylic acids is 1. The number of esters is 1. The van der Waals surface area contributed by atoms with Crippen LogP contribution in [0.3, 0.4) is 0 Å². The lowest BCUT2D eigenvalue weighted by molar-refractivity contribution is -0.164. The van der Waals surface area contributed by atoms with E-state index in [4.69, 9.17) is 33.7 Å². The maximum absolute atomic E-state index is 12.5. The fraction of sp³-hybridized carbons (Fsp3) is 0.345. The summed E-state index contributed by atoms with van der Waals surface area (Å²) >= 11 is 2.26. The second-order valence-electron chi connectivity index (χ2n) is 20.3. The number of aromatic nitrogens is 4. The van der Waals surface area contributed by atoms with Crippen LogP contribution in [-0.2, 0) is 36.6 Å². The Morgan fingerprint density at radius 3 is 1.72 bits per heavy atom. The second-order valence-corrected chi connectivity index (χ2v) is 21.3. The molecule has 0 saturated heterocycles. The summed E-state index contributed by atoms with van der Waals surface area (Å²) in [5, 5.41) is 32.6. The number of pyridine rings is 4. The largest absolute Gasteiger partial charge is 0.493 e. The van der Waals surface area contributed by atoms with Gasteiger partial charge in [-0.25, -0.2) is 9.59 Å². The lowest BCUT2D eigenvalue weighted by Gasteiger charge is -2.28. The topological polar surface area (TPSA) is 193 Å². The van der Waals surface area contributed by atoms with Gasteiger partial charge in [0.05, 0.1) is 53.6 Å². The van der Waals surface area contributed by atoms with Crippen molar-refractivity contribution in [3.8, 4) is 22.6 Å². The average Bonchev–Trinajstić information content (AvgIpc) is 3.32. The van der Waals surface area contributed by atoms with E-state index in [9.17, 15) is 24.7 Å².